The Hall–Kier alpha value is -1.56. The maximum absolute atomic E-state index is 11.1. The Morgan fingerprint density at radius 3 is 2.69 bits per heavy atom. The van der Waals surface area contributed by atoms with Crippen molar-refractivity contribution >= 4 is 12.1 Å². The fourth-order valence-electron chi connectivity index (χ4n) is 0.925. The summed E-state index contributed by atoms with van der Waals surface area (Å²) in [6.07, 6.45) is 0.620. The lowest BCUT2D eigenvalue weighted by atomic mass is 10.2. The second kappa shape index (κ2) is 8.72. The Morgan fingerprint density at radius 2 is 2.19 bits per heavy atom. The number of hydrogen-bond acceptors (Lipinski definition) is 5. The maximum Gasteiger partial charge on any atom is 0.407 e. The van der Waals surface area contributed by atoms with Crippen LogP contribution in [0.4, 0.5) is 4.79 Å². The van der Waals surface area contributed by atoms with Gasteiger partial charge in [0.1, 0.15) is 6.61 Å². The average Bonchev–Trinajstić information content (AvgIpc) is 2.25. The van der Waals surface area contributed by atoms with Crippen molar-refractivity contribution in [2.75, 3.05) is 19.8 Å². The van der Waals surface area contributed by atoms with Gasteiger partial charge in [-0.05, 0) is 6.92 Å². The summed E-state index contributed by atoms with van der Waals surface area (Å²) in [6, 6.07) is -0.698. The smallest absolute Gasteiger partial charge is 0.407 e. The van der Waals surface area contributed by atoms with Crippen LogP contribution in [0.15, 0.2) is 12.7 Å². The molecule has 0 bridgehead atoms. The van der Waals surface area contributed by atoms with Crippen LogP contribution in [0.5, 0.6) is 0 Å². The van der Waals surface area contributed by atoms with E-state index in [-0.39, 0.29) is 26.2 Å². The molecule has 92 valence electrons. The molecule has 0 saturated carbocycles. The van der Waals surface area contributed by atoms with Crippen LogP contribution in [0.3, 0.4) is 0 Å². The molecule has 6 heteroatoms. The number of amides is 1. The van der Waals surface area contributed by atoms with E-state index in [0.29, 0.717) is 0 Å². The number of esters is 1. The Morgan fingerprint density at radius 1 is 1.50 bits per heavy atom. The molecule has 6 nitrogen and oxygen atoms in total. The van der Waals surface area contributed by atoms with Gasteiger partial charge in [0, 0.05) is 0 Å². The Balaban J connectivity index is 3.94. The first-order valence-electron chi connectivity index (χ1n) is 4.94. The molecule has 0 aromatic rings. The molecular formula is C10H17NO5. The van der Waals surface area contributed by atoms with Gasteiger partial charge in [-0.3, -0.25) is 4.79 Å². The predicted molar refractivity (Wildman–Crippen MR) is 56.8 cm³/mol. The maximum atomic E-state index is 11.1. The summed E-state index contributed by atoms with van der Waals surface area (Å²) in [5.74, 6) is -0.481. The number of alkyl carbamates (subject to hydrolysis) is 1. The van der Waals surface area contributed by atoms with E-state index in [1.807, 2.05) is 0 Å². The zero-order chi connectivity index (χ0) is 12.4. The lowest BCUT2D eigenvalue weighted by Crippen LogP contribution is -2.39. The largest absolute Gasteiger partial charge is 0.466 e. The highest BCUT2D eigenvalue weighted by molar-refractivity contribution is 5.72. The van der Waals surface area contributed by atoms with Gasteiger partial charge >= 0.3 is 12.1 Å². The molecule has 0 aliphatic rings. The average molecular weight is 231 g/mol. The lowest BCUT2D eigenvalue weighted by Gasteiger charge is -2.14. The summed E-state index contributed by atoms with van der Waals surface area (Å²) in [6.45, 7) is 5.03. The van der Waals surface area contributed by atoms with E-state index in [2.05, 4.69) is 21.4 Å². The summed E-state index contributed by atoms with van der Waals surface area (Å²) in [5.41, 5.74) is 0. The third kappa shape index (κ3) is 6.83. The second-order valence-corrected chi connectivity index (χ2v) is 2.92. The van der Waals surface area contributed by atoms with Crippen LogP contribution in [0, 0.1) is 0 Å². The fourth-order valence-corrected chi connectivity index (χ4v) is 0.925. The van der Waals surface area contributed by atoms with Gasteiger partial charge in [0.2, 0.25) is 0 Å². The van der Waals surface area contributed by atoms with E-state index in [4.69, 9.17) is 5.11 Å². The molecule has 1 atom stereocenters. The van der Waals surface area contributed by atoms with Gasteiger partial charge in [-0.2, -0.15) is 0 Å². The van der Waals surface area contributed by atoms with Crippen LogP contribution in [-0.2, 0) is 14.3 Å². The molecule has 0 aliphatic heterocycles. The number of aliphatic hydroxyl groups excluding tert-OH is 1. The van der Waals surface area contributed by atoms with E-state index in [1.165, 1.54) is 6.08 Å². The first-order valence-corrected chi connectivity index (χ1v) is 4.94. The summed E-state index contributed by atoms with van der Waals surface area (Å²) >= 11 is 0. The van der Waals surface area contributed by atoms with Crippen molar-refractivity contribution in [1.29, 1.82) is 0 Å². The minimum Gasteiger partial charge on any atom is -0.466 e. The first kappa shape index (κ1) is 14.4. The molecule has 0 aliphatic carbocycles. The normalized spacial score (nSPS) is 11.4. The number of hydrogen-bond donors (Lipinski definition) is 2. The highest BCUT2D eigenvalue weighted by atomic mass is 16.5. The highest BCUT2D eigenvalue weighted by Crippen LogP contribution is 1.95. The van der Waals surface area contributed by atoms with Gasteiger partial charge in [-0.1, -0.05) is 12.7 Å². The monoisotopic (exact) mass is 231 g/mol. The highest BCUT2D eigenvalue weighted by Gasteiger charge is 2.16. The molecule has 0 spiro atoms. The Labute approximate surface area is 94.2 Å². The molecule has 0 fully saturated rings. The van der Waals surface area contributed by atoms with Crippen molar-refractivity contribution in [2.24, 2.45) is 0 Å². The van der Waals surface area contributed by atoms with Crippen LogP contribution >= 0.6 is 0 Å². The summed E-state index contributed by atoms with van der Waals surface area (Å²) < 4.78 is 9.31. The van der Waals surface area contributed by atoms with Gasteiger partial charge in [-0.25, -0.2) is 4.79 Å². The molecule has 0 radical (unpaired) electrons. The van der Waals surface area contributed by atoms with Crippen LogP contribution in [0.2, 0.25) is 0 Å². The van der Waals surface area contributed by atoms with Crippen LogP contribution in [0.25, 0.3) is 0 Å². The standard InChI is InChI=1S/C10H17NO5/c1-3-5-16-10(14)11-8(7-12)6-9(13)15-4-2/h3,8,12H,1,4-7H2,2H3,(H,11,14)/t8-/m0/s1. The number of nitrogens with one attached hydrogen (secondary N) is 1. The molecule has 0 heterocycles. The first-order chi connectivity index (χ1) is 7.63. The molecule has 0 saturated heterocycles. The van der Waals surface area contributed by atoms with Crippen molar-refractivity contribution in [3.63, 3.8) is 0 Å². The topological polar surface area (TPSA) is 84.9 Å². The van der Waals surface area contributed by atoms with Gasteiger partial charge in [0.05, 0.1) is 25.7 Å². The van der Waals surface area contributed by atoms with Gasteiger partial charge in [0.25, 0.3) is 0 Å². The van der Waals surface area contributed by atoms with E-state index >= 15 is 0 Å². The molecule has 0 rings (SSSR count). The third-order valence-corrected chi connectivity index (χ3v) is 1.59. The number of aliphatic hydroxyl groups is 1. The second-order valence-electron chi connectivity index (χ2n) is 2.92. The molecule has 16 heavy (non-hydrogen) atoms. The summed E-state index contributed by atoms with van der Waals surface area (Å²) in [7, 11) is 0. The van der Waals surface area contributed by atoms with E-state index in [9.17, 15) is 9.59 Å². The summed E-state index contributed by atoms with van der Waals surface area (Å²) in [4.78, 5) is 22.1. The van der Waals surface area contributed by atoms with Crippen LogP contribution in [0.1, 0.15) is 13.3 Å². The summed E-state index contributed by atoms with van der Waals surface area (Å²) in [5, 5.41) is 11.3. The lowest BCUT2D eigenvalue weighted by molar-refractivity contribution is -0.143. The SMILES string of the molecule is C=CCOC(=O)N[C@H](CO)CC(=O)OCC. The molecule has 1 amide bonds. The Bertz CT molecular complexity index is 241. The van der Waals surface area contributed by atoms with E-state index < -0.39 is 18.1 Å². The zero-order valence-corrected chi connectivity index (χ0v) is 9.27. The van der Waals surface area contributed by atoms with Crippen molar-refractivity contribution in [3.05, 3.63) is 12.7 Å². The van der Waals surface area contributed by atoms with Gasteiger partial charge < -0.3 is 19.9 Å². The van der Waals surface area contributed by atoms with Gasteiger partial charge in [0.15, 0.2) is 0 Å². The zero-order valence-electron chi connectivity index (χ0n) is 9.27. The van der Waals surface area contributed by atoms with E-state index in [1.54, 1.807) is 6.92 Å². The fraction of sp³-hybridized carbons (Fsp3) is 0.600. The third-order valence-electron chi connectivity index (χ3n) is 1.59. The quantitative estimate of drug-likeness (QED) is 0.483. The van der Waals surface area contributed by atoms with Crippen molar-refractivity contribution < 1.29 is 24.2 Å². The number of carbonyl (C=O) groups excluding carboxylic acids is 2. The minimum atomic E-state index is -0.705. The van der Waals surface area contributed by atoms with Gasteiger partial charge in [-0.15, -0.1) is 0 Å². The number of rotatable bonds is 7. The minimum absolute atomic E-state index is 0.0728. The van der Waals surface area contributed by atoms with E-state index in [0.717, 1.165) is 0 Å². The van der Waals surface area contributed by atoms with Crippen molar-refractivity contribution in [1.82, 2.24) is 5.32 Å². The van der Waals surface area contributed by atoms with Crippen LogP contribution < -0.4 is 5.32 Å². The molecule has 0 aromatic heterocycles. The van der Waals surface area contributed by atoms with Crippen LogP contribution in [-0.4, -0.2) is 43.0 Å². The molecule has 2 N–H and O–H groups in total. The van der Waals surface area contributed by atoms with Crippen molar-refractivity contribution in [2.45, 2.75) is 19.4 Å². The Kier molecular flexibility index (Phi) is 7.87. The molecule has 0 unspecified atom stereocenters. The molecule has 0 aromatic carbocycles. The predicted octanol–water partition coefficient (Wildman–Crippen LogP) is 0.213. The number of carbonyl (C=O) groups is 2. The molecular weight excluding hydrogens is 214 g/mol. The van der Waals surface area contributed by atoms with Crippen molar-refractivity contribution in [3.8, 4) is 0 Å². The number of ether oxygens (including phenoxy) is 2.